The van der Waals surface area contributed by atoms with E-state index in [1.165, 1.54) is 0 Å². The molecule has 0 aliphatic rings. The van der Waals surface area contributed by atoms with E-state index >= 15 is 0 Å². The molecule has 0 aliphatic carbocycles. The summed E-state index contributed by atoms with van der Waals surface area (Å²) in [5.74, 6) is -2.75. The van der Waals surface area contributed by atoms with Gasteiger partial charge in [-0.1, -0.05) is 0 Å². The molecule has 1 rings (SSSR count). The Morgan fingerprint density at radius 2 is 2.00 bits per heavy atom. The Balaban J connectivity index is 2.60. The number of carboxylic acid groups (broad SMARTS) is 1. The maximum absolute atomic E-state index is 13.1. The van der Waals surface area contributed by atoms with E-state index in [2.05, 4.69) is 4.74 Å². The number of hydrogen-bond donors (Lipinski definition) is 1. The average molecular weight is 314 g/mol. The van der Waals surface area contributed by atoms with Gasteiger partial charge in [0.25, 0.3) is 0 Å². The number of rotatable bonds is 6. The van der Waals surface area contributed by atoms with Gasteiger partial charge in [0, 0.05) is 4.90 Å². The van der Waals surface area contributed by atoms with Gasteiger partial charge in [-0.3, -0.25) is 4.21 Å². The molecule has 0 saturated carbocycles. The van der Waals surface area contributed by atoms with Gasteiger partial charge in [-0.25, -0.2) is 9.18 Å². The molecule has 0 aromatic heterocycles. The van der Waals surface area contributed by atoms with Gasteiger partial charge >= 0.3 is 12.1 Å². The van der Waals surface area contributed by atoms with Crippen LogP contribution in [0, 0.1) is 5.82 Å². The predicted octanol–water partition coefficient (Wildman–Crippen LogP) is 2.21. The molecule has 1 unspecified atom stereocenters. The van der Waals surface area contributed by atoms with Crippen LogP contribution >= 0.6 is 0 Å². The molecule has 1 atom stereocenters. The summed E-state index contributed by atoms with van der Waals surface area (Å²) in [6, 6.07) is 2.84. The Morgan fingerprint density at radius 3 is 2.55 bits per heavy atom. The van der Waals surface area contributed by atoms with Crippen molar-refractivity contribution in [2.75, 3.05) is 19.0 Å². The van der Waals surface area contributed by atoms with E-state index in [4.69, 9.17) is 5.11 Å². The normalized spacial score (nSPS) is 13.2. The number of hydrogen-bond acceptors (Lipinski definition) is 3. The van der Waals surface area contributed by atoms with Crippen molar-refractivity contribution < 1.29 is 36.4 Å². The lowest BCUT2D eigenvalue weighted by Gasteiger charge is -2.08. The zero-order valence-corrected chi connectivity index (χ0v) is 10.8. The number of ether oxygens (including phenoxy) is 1. The van der Waals surface area contributed by atoms with Gasteiger partial charge in [-0.15, -0.1) is 0 Å². The fraction of sp³-hybridized carbons (Fsp3) is 0.364. The smallest absolute Gasteiger partial charge is 0.411 e. The molecular formula is C11H10F4O4S. The SMILES string of the molecule is O=C(O)c1cc(S(=O)CCOCC(F)(F)F)ccc1F. The van der Waals surface area contributed by atoms with Gasteiger partial charge in [0.05, 0.1) is 28.7 Å². The van der Waals surface area contributed by atoms with E-state index < -0.39 is 47.5 Å². The number of benzene rings is 1. The minimum atomic E-state index is -4.46. The molecule has 0 spiro atoms. The van der Waals surface area contributed by atoms with Crippen molar-refractivity contribution >= 4 is 16.8 Å². The van der Waals surface area contributed by atoms with Gasteiger partial charge in [-0.2, -0.15) is 13.2 Å². The Bertz CT molecular complexity index is 516. The zero-order chi connectivity index (χ0) is 15.3. The first-order valence-electron chi connectivity index (χ1n) is 5.26. The lowest BCUT2D eigenvalue weighted by Crippen LogP contribution is -2.19. The minimum absolute atomic E-state index is 0.0133. The minimum Gasteiger partial charge on any atom is -0.478 e. The van der Waals surface area contributed by atoms with E-state index in [1.807, 2.05) is 0 Å². The number of carboxylic acids is 1. The van der Waals surface area contributed by atoms with Gasteiger partial charge in [-0.05, 0) is 18.2 Å². The van der Waals surface area contributed by atoms with Crippen molar-refractivity contribution in [2.24, 2.45) is 0 Å². The molecule has 1 aromatic rings. The summed E-state index contributed by atoms with van der Waals surface area (Å²) in [5, 5.41) is 8.69. The number of alkyl halides is 3. The topological polar surface area (TPSA) is 63.6 Å². The van der Waals surface area contributed by atoms with Crippen molar-refractivity contribution in [2.45, 2.75) is 11.1 Å². The highest BCUT2D eigenvalue weighted by atomic mass is 32.2. The monoisotopic (exact) mass is 314 g/mol. The van der Waals surface area contributed by atoms with Crippen LogP contribution in [0.25, 0.3) is 0 Å². The maximum Gasteiger partial charge on any atom is 0.411 e. The molecule has 1 aromatic carbocycles. The van der Waals surface area contributed by atoms with Crippen molar-refractivity contribution in [3.63, 3.8) is 0 Å². The first kappa shape index (κ1) is 16.6. The molecule has 0 saturated heterocycles. The van der Waals surface area contributed by atoms with Crippen LogP contribution in [0.2, 0.25) is 0 Å². The van der Waals surface area contributed by atoms with Crippen LogP contribution in [-0.4, -0.2) is 40.4 Å². The van der Waals surface area contributed by atoms with Crippen LogP contribution in [0.1, 0.15) is 10.4 Å². The summed E-state index contributed by atoms with van der Waals surface area (Å²) < 4.78 is 64.4. The largest absolute Gasteiger partial charge is 0.478 e. The van der Waals surface area contributed by atoms with E-state index in [-0.39, 0.29) is 10.6 Å². The lowest BCUT2D eigenvalue weighted by atomic mass is 10.2. The Labute approximate surface area is 113 Å². The first-order chi connectivity index (χ1) is 9.20. The Kier molecular flexibility index (Phi) is 5.63. The van der Waals surface area contributed by atoms with Crippen LogP contribution < -0.4 is 0 Å². The molecule has 0 fully saturated rings. The highest BCUT2D eigenvalue weighted by molar-refractivity contribution is 7.85. The molecule has 0 heterocycles. The van der Waals surface area contributed by atoms with Gasteiger partial charge < -0.3 is 9.84 Å². The summed E-state index contributed by atoms with van der Waals surface area (Å²) in [4.78, 5) is 10.7. The van der Waals surface area contributed by atoms with Crippen LogP contribution in [0.5, 0.6) is 0 Å². The summed E-state index contributed by atoms with van der Waals surface area (Å²) in [5.41, 5.74) is -0.646. The summed E-state index contributed by atoms with van der Waals surface area (Å²) in [6.07, 6.45) is -4.46. The van der Waals surface area contributed by atoms with Crippen molar-refractivity contribution in [1.82, 2.24) is 0 Å². The second-order valence-electron chi connectivity index (χ2n) is 3.66. The van der Waals surface area contributed by atoms with E-state index in [0.29, 0.717) is 0 Å². The summed E-state index contributed by atoms with van der Waals surface area (Å²) in [6.45, 7) is -1.86. The second kappa shape index (κ2) is 6.80. The Hall–Kier alpha value is -1.48. The second-order valence-corrected chi connectivity index (χ2v) is 5.23. The van der Waals surface area contributed by atoms with Crippen molar-refractivity contribution in [3.05, 3.63) is 29.6 Å². The van der Waals surface area contributed by atoms with E-state index in [9.17, 15) is 26.6 Å². The Morgan fingerprint density at radius 1 is 1.35 bits per heavy atom. The van der Waals surface area contributed by atoms with Crippen molar-refractivity contribution in [1.29, 1.82) is 0 Å². The molecule has 0 amide bonds. The van der Waals surface area contributed by atoms with E-state index in [0.717, 1.165) is 18.2 Å². The summed E-state index contributed by atoms with van der Waals surface area (Å²) in [7, 11) is -1.77. The molecular weight excluding hydrogens is 304 g/mol. The van der Waals surface area contributed by atoms with Crippen LogP contribution in [0.4, 0.5) is 17.6 Å². The van der Waals surface area contributed by atoms with Crippen LogP contribution in [-0.2, 0) is 15.5 Å². The molecule has 1 N–H and O–H groups in total. The lowest BCUT2D eigenvalue weighted by molar-refractivity contribution is -0.172. The fourth-order valence-corrected chi connectivity index (χ4v) is 2.22. The number of aromatic carboxylic acids is 1. The third kappa shape index (κ3) is 5.25. The van der Waals surface area contributed by atoms with Gasteiger partial charge in [0.15, 0.2) is 0 Å². The molecule has 0 bridgehead atoms. The highest BCUT2D eigenvalue weighted by Crippen LogP contribution is 2.16. The molecule has 0 aliphatic heterocycles. The maximum atomic E-state index is 13.1. The van der Waals surface area contributed by atoms with Gasteiger partial charge in [0.2, 0.25) is 0 Å². The number of halogens is 4. The third-order valence-corrected chi connectivity index (χ3v) is 3.43. The molecule has 9 heteroatoms. The number of carbonyl (C=O) groups is 1. The van der Waals surface area contributed by atoms with Crippen LogP contribution in [0.15, 0.2) is 23.1 Å². The summed E-state index contributed by atoms with van der Waals surface area (Å²) >= 11 is 0. The third-order valence-electron chi connectivity index (χ3n) is 2.11. The predicted molar refractivity (Wildman–Crippen MR) is 61.5 cm³/mol. The first-order valence-corrected chi connectivity index (χ1v) is 6.58. The average Bonchev–Trinajstić information content (AvgIpc) is 2.33. The zero-order valence-electron chi connectivity index (χ0n) is 9.95. The standard InChI is InChI=1S/C11H10F4O4S/c12-9-2-1-7(5-8(9)10(16)17)20(18)4-3-19-6-11(13,14)15/h1-2,5H,3-4,6H2,(H,16,17). The molecule has 112 valence electrons. The molecule has 0 radical (unpaired) electrons. The van der Waals surface area contributed by atoms with Crippen LogP contribution in [0.3, 0.4) is 0 Å². The highest BCUT2D eigenvalue weighted by Gasteiger charge is 2.27. The quantitative estimate of drug-likeness (QED) is 0.646. The van der Waals surface area contributed by atoms with Gasteiger partial charge in [0.1, 0.15) is 12.4 Å². The molecule has 4 nitrogen and oxygen atoms in total. The molecule has 20 heavy (non-hydrogen) atoms. The fourth-order valence-electron chi connectivity index (χ4n) is 1.25. The van der Waals surface area contributed by atoms with Crippen molar-refractivity contribution in [3.8, 4) is 0 Å². The van der Waals surface area contributed by atoms with E-state index in [1.54, 1.807) is 0 Å².